The smallest absolute Gasteiger partial charge is 0.147 e. The molecule has 0 saturated carbocycles. The molecule has 0 spiro atoms. The van der Waals surface area contributed by atoms with E-state index in [1.807, 2.05) is 12.1 Å². The minimum absolute atomic E-state index is 0.236. The van der Waals surface area contributed by atoms with Crippen LogP contribution in [-0.4, -0.2) is 7.11 Å². The molecule has 2 rings (SSSR count). The van der Waals surface area contributed by atoms with Gasteiger partial charge < -0.3 is 10.1 Å². The Morgan fingerprint density at radius 1 is 1.11 bits per heavy atom. The Balaban J connectivity index is 2.09. The lowest BCUT2D eigenvalue weighted by molar-refractivity contribution is 0.409. The van der Waals surface area contributed by atoms with E-state index < -0.39 is 0 Å². The minimum Gasteiger partial charge on any atom is -0.494 e. The Morgan fingerprint density at radius 3 is 2.21 bits per heavy atom. The van der Waals surface area contributed by atoms with Crippen molar-refractivity contribution >= 4 is 37.5 Å². The van der Waals surface area contributed by atoms with Crippen LogP contribution in [0.3, 0.4) is 0 Å². The summed E-state index contributed by atoms with van der Waals surface area (Å²) >= 11 is 6.92. The lowest BCUT2D eigenvalue weighted by Gasteiger charge is -2.11. The Morgan fingerprint density at radius 2 is 1.68 bits per heavy atom. The molecule has 0 bridgehead atoms. The molecule has 5 heteroatoms. The molecule has 2 aromatic carbocycles. The van der Waals surface area contributed by atoms with Crippen LogP contribution in [0.25, 0.3) is 0 Å². The first-order valence-electron chi connectivity index (χ1n) is 5.61. The standard InChI is InChI=1S/C14H12Br2FNO/c1-19-14-12(15)6-9(7-13(14)16)8-18-11-4-2-10(17)3-5-11/h2-7,18H,8H2,1H3. The summed E-state index contributed by atoms with van der Waals surface area (Å²) in [5.74, 6) is 0.533. The zero-order chi connectivity index (χ0) is 13.8. The van der Waals surface area contributed by atoms with Gasteiger partial charge in [0.1, 0.15) is 11.6 Å². The summed E-state index contributed by atoms with van der Waals surface area (Å²) in [6.07, 6.45) is 0. The highest BCUT2D eigenvalue weighted by Gasteiger charge is 2.07. The van der Waals surface area contributed by atoms with Gasteiger partial charge in [0.2, 0.25) is 0 Å². The van der Waals surface area contributed by atoms with Crippen molar-refractivity contribution < 1.29 is 9.13 Å². The average Bonchev–Trinajstić information content (AvgIpc) is 2.38. The van der Waals surface area contributed by atoms with Crippen LogP contribution in [0.4, 0.5) is 10.1 Å². The minimum atomic E-state index is -0.236. The first-order valence-corrected chi connectivity index (χ1v) is 7.20. The maximum absolute atomic E-state index is 12.8. The Kier molecular flexibility index (Phi) is 4.82. The topological polar surface area (TPSA) is 21.3 Å². The fourth-order valence-electron chi connectivity index (χ4n) is 1.68. The van der Waals surface area contributed by atoms with Crippen molar-refractivity contribution in [2.24, 2.45) is 0 Å². The van der Waals surface area contributed by atoms with Crippen LogP contribution in [0.2, 0.25) is 0 Å². The van der Waals surface area contributed by atoms with Crippen LogP contribution in [0.15, 0.2) is 45.3 Å². The third-order valence-electron chi connectivity index (χ3n) is 2.60. The molecular formula is C14H12Br2FNO. The van der Waals surface area contributed by atoms with Crippen LogP contribution in [0.1, 0.15) is 5.56 Å². The van der Waals surface area contributed by atoms with Crippen molar-refractivity contribution in [3.05, 3.63) is 56.7 Å². The zero-order valence-electron chi connectivity index (χ0n) is 10.2. The molecule has 0 unspecified atom stereocenters. The Bertz CT molecular complexity index is 549. The van der Waals surface area contributed by atoms with E-state index in [1.165, 1.54) is 12.1 Å². The van der Waals surface area contributed by atoms with Gasteiger partial charge in [0.05, 0.1) is 16.1 Å². The van der Waals surface area contributed by atoms with Gasteiger partial charge in [-0.2, -0.15) is 0 Å². The summed E-state index contributed by atoms with van der Waals surface area (Å²) in [5, 5.41) is 3.23. The van der Waals surface area contributed by atoms with E-state index in [1.54, 1.807) is 19.2 Å². The van der Waals surface area contributed by atoms with Crippen molar-refractivity contribution in [1.82, 2.24) is 0 Å². The van der Waals surface area contributed by atoms with E-state index in [-0.39, 0.29) is 5.82 Å². The fourth-order valence-corrected chi connectivity index (χ4v) is 3.29. The number of anilines is 1. The van der Waals surface area contributed by atoms with E-state index in [2.05, 4.69) is 37.2 Å². The van der Waals surface area contributed by atoms with Crippen molar-refractivity contribution in [3.63, 3.8) is 0 Å². The van der Waals surface area contributed by atoms with E-state index >= 15 is 0 Å². The Labute approximate surface area is 128 Å². The average molecular weight is 389 g/mol. The molecule has 0 fully saturated rings. The summed E-state index contributed by atoms with van der Waals surface area (Å²) in [5.41, 5.74) is 1.97. The second-order valence-electron chi connectivity index (χ2n) is 3.95. The molecule has 0 aromatic heterocycles. The van der Waals surface area contributed by atoms with Crippen LogP contribution in [-0.2, 0) is 6.54 Å². The predicted molar refractivity (Wildman–Crippen MR) is 82.1 cm³/mol. The number of ether oxygens (including phenoxy) is 1. The summed E-state index contributed by atoms with van der Waals surface area (Å²) in [4.78, 5) is 0. The van der Waals surface area contributed by atoms with E-state index in [0.717, 1.165) is 25.9 Å². The van der Waals surface area contributed by atoms with Gasteiger partial charge in [0.25, 0.3) is 0 Å². The normalized spacial score (nSPS) is 10.3. The van der Waals surface area contributed by atoms with Crippen LogP contribution in [0.5, 0.6) is 5.75 Å². The molecule has 0 aliphatic carbocycles. The maximum Gasteiger partial charge on any atom is 0.147 e. The lowest BCUT2D eigenvalue weighted by atomic mass is 10.2. The molecule has 0 atom stereocenters. The second kappa shape index (κ2) is 6.39. The summed E-state index contributed by atoms with van der Waals surface area (Å²) in [7, 11) is 1.63. The highest BCUT2D eigenvalue weighted by molar-refractivity contribution is 9.11. The number of rotatable bonds is 4. The summed E-state index contributed by atoms with van der Waals surface area (Å²) in [6, 6.07) is 10.3. The number of methoxy groups -OCH3 is 1. The summed E-state index contributed by atoms with van der Waals surface area (Å²) < 4.78 is 19.8. The molecule has 0 heterocycles. The fraction of sp³-hybridized carbons (Fsp3) is 0.143. The number of halogens is 3. The van der Waals surface area contributed by atoms with Gasteiger partial charge in [-0.05, 0) is 73.8 Å². The SMILES string of the molecule is COc1c(Br)cc(CNc2ccc(F)cc2)cc1Br. The molecule has 2 aromatic rings. The van der Waals surface area contributed by atoms with E-state index in [4.69, 9.17) is 4.74 Å². The van der Waals surface area contributed by atoms with Crippen LogP contribution >= 0.6 is 31.9 Å². The van der Waals surface area contributed by atoms with Gasteiger partial charge in [0.15, 0.2) is 0 Å². The van der Waals surface area contributed by atoms with Gasteiger partial charge >= 0.3 is 0 Å². The number of nitrogens with one attached hydrogen (secondary N) is 1. The number of benzene rings is 2. The largest absolute Gasteiger partial charge is 0.494 e. The first-order chi connectivity index (χ1) is 9.10. The maximum atomic E-state index is 12.8. The van der Waals surface area contributed by atoms with Crippen molar-refractivity contribution in [3.8, 4) is 5.75 Å². The third-order valence-corrected chi connectivity index (χ3v) is 3.78. The lowest BCUT2D eigenvalue weighted by Crippen LogP contribution is -2.00. The summed E-state index contributed by atoms with van der Waals surface area (Å²) in [6.45, 7) is 0.646. The molecule has 0 aliphatic rings. The first kappa shape index (κ1) is 14.3. The zero-order valence-corrected chi connectivity index (χ0v) is 13.4. The predicted octanol–water partition coefficient (Wildman–Crippen LogP) is 4.97. The van der Waals surface area contributed by atoms with Crippen molar-refractivity contribution in [2.45, 2.75) is 6.54 Å². The molecule has 2 nitrogen and oxygen atoms in total. The van der Waals surface area contributed by atoms with E-state index in [0.29, 0.717) is 6.54 Å². The molecular weight excluding hydrogens is 377 g/mol. The van der Waals surface area contributed by atoms with Crippen molar-refractivity contribution in [1.29, 1.82) is 0 Å². The van der Waals surface area contributed by atoms with Crippen LogP contribution in [0, 0.1) is 5.82 Å². The quantitative estimate of drug-likeness (QED) is 0.798. The Hall–Kier alpha value is -1.07. The van der Waals surface area contributed by atoms with Crippen molar-refractivity contribution in [2.75, 3.05) is 12.4 Å². The molecule has 19 heavy (non-hydrogen) atoms. The molecule has 1 N–H and O–H groups in total. The van der Waals surface area contributed by atoms with Gasteiger partial charge in [-0.1, -0.05) is 0 Å². The highest BCUT2D eigenvalue weighted by Crippen LogP contribution is 2.34. The van der Waals surface area contributed by atoms with Gasteiger partial charge in [-0.25, -0.2) is 4.39 Å². The molecule has 0 amide bonds. The van der Waals surface area contributed by atoms with Gasteiger partial charge in [-0.15, -0.1) is 0 Å². The second-order valence-corrected chi connectivity index (χ2v) is 5.66. The van der Waals surface area contributed by atoms with Gasteiger partial charge in [0, 0.05) is 12.2 Å². The monoisotopic (exact) mass is 387 g/mol. The molecule has 0 saturated heterocycles. The van der Waals surface area contributed by atoms with E-state index in [9.17, 15) is 4.39 Å². The number of hydrogen-bond donors (Lipinski definition) is 1. The molecule has 0 radical (unpaired) electrons. The molecule has 0 aliphatic heterocycles. The highest BCUT2D eigenvalue weighted by atomic mass is 79.9. The van der Waals surface area contributed by atoms with Crippen LogP contribution < -0.4 is 10.1 Å². The molecule has 100 valence electrons. The van der Waals surface area contributed by atoms with Gasteiger partial charge in [-0.3, -0.25) is 0 Å². The third kappa shape index (κ3) is 3.70. The number of hydrogen-bond acceptors (Lipinski definition) is 2.